The van der Waals surface area contributed by atoms with Gasteiger partial charge in [-0.25, -0.2) is 4.39 Å². The van der Waals surface area contributed by atoms with E-state index in [-0.39, 0.29) is 5.82 Å². The van der Waals surface area contributed by atoms with Crippen molar-refractivity contribution < 1.29 is 9.18 Å². The number of nitrogens with zero attached hydrogens (tertiary/aromatic N) is 4. The summed E-state index contributed by atoms with van der Waals surface area (Å²) < 4.78 is 13.5. The van der Waals surface area contributed by atoms with Crippen LogP contribution in [-0.4, -0.2) is 83.1 Å². The monoisotopic (exact) mass is 716 g/mol. The summed E-state index contributed by atoms with van der Waals surface area (Å²) in [5, 5.41) is 6.79. The smallest absolute Gasteiger partial charge is 0.145 e. The molecule has 1 aliphatic heterocycles. The van der Waals surface area contributed by atoms with Gasteiger partial charge in [0.05, 0.1) is 12.2 Å². The summed E-state index contributed by atoms with van der Waals surface area (Å²) in [5.41, 5.74) is 10.8. The van der Waals surface area contributed by atoms with Gasteiger partial charge in [-0.3, -0.25) is 9.98 Å². The normalized spacial score (nSPS) is 11.5. The van der Waals surface area contributed by atoms with E-state index in [1.165, 1.54) is 32.4 Å². The SMILES string of the molecule is C=C.C=C(/C=C(/C(=NC)NC[C@@H](C)CC)N1CCN=C1C)C(=C)NCc1ccc(F)c(C)c1.C=C=C.C=O.CC.CCCCC.CN.CN(C)C. The molecule has 0 saturated carbocycles. The number of rotatable bonds is 12. The van der Waals surface area contributed by atoms with Gasteiger partial charge in [-0.2, -0.15) is 0 Å². The van der Waals surface area contributed by atoms with Crippen LogP contribution in [0.3, 0.4) is 0 Å². The molecule has 0 amide bonds. The molecule has 9 heteroatoms. The second-order valence-corrected chi connectivity index (χ2v) is 11.0. The maximum atomic E-state index is 13.5. The van der Waals surface area contributed by atoms with Crippen molar-refractivity contribution in [3.05, 3.63) is 103 Å². The Bertz CT molecular complexity index is 1110. The van der Waals surface area contributed by atoms with E-state index in [4.69, 9.17) is 4.79 Å². The van der Waals surface area contributed by atoms with E-state index in [0.717, 1.165) is 54.6 Å². The van der Waals surface area contributed by atoms with E-state index in [1.807, 2.05) is 65.7 Å². The maximum Gasteiger partial charge on any atom is 0.145 e. The van der Waals surface area contributed by atoms with Crippen molar-refractivity contribution in [3.8, 4) is 0 Å². The van der Waals surface area contributed by atoms with Crippen LogP contribution < -0.4 is 16.4 Å². The molecule has 51 heavy (non-hydrogen) atoms. The zero-order chi connectivity index (χ0) is 41.4. The van der Waals surface area contributed by atoms with Gasteiger partial charge in [-0.15, -0.1) is 18.9 Å². The molecule has 4 N–H and O–H groups in total. The topological polar surface area (TPSA) is 98.3 Å². The third-order valence-corrected chi connectivity index (χ3v) is 6.26. The number of allylic oxidation sites excluding steroid dienone is 1. The van der Waals surface area contributed by atoms with Gasteiger partial charge in [0, 0.05) is 32.4 Å². The summed E-state index contributed by atoms with van der Waals surface area (Å²) in [6, 6.07) is 5.10. The lowest BCUT2D eigenvalue weighted by atomic mass is 10.1. The minimum Gasteiger partial charge on any atom is -0.381 e. The predicted octanol–water partition coefficient (Wildman–Crippen LogP) is 9.13. The molecule has 0 aliphatic carbocycles. The number of aliphatic imine (C=N–C) groups is 2. The standard InChI is InChI=1S/C25H36FN5.C5H12.C3H9N.C3H4.C2H6.C2H4.CH5N.CH2O/c1-8-17(2)15-30-25(27-7)24(31-12-11-28-21(31)6)14-18(3)20(5)29-16-22-9-10-23(26)19(4)13-22;1-3-5-4-2;1-4(2)3;1-3-2;4*1-2/h9-10,13-14,17,29H,3,5,8,11-12,15-16H2,1-2,4,6-7H3,(H,27,30);3-5H2,1-2H3;1-3H3;1-2H2;1-2H3;1-2H2;2H2,1H3;1H2/b24-14-;;;;;;;/t17-;;;;;;;/m0......./s1. The molecular formula is C42H78FN7O. The fourth-order valence-corrected chi connectivity index (χ4v) is 3.57. The molecule has 0 aromatic heterocycles. The Morgan fingerprint density at radius 2 is 1.57 bits per heavy atom. The second kappa shape index (κ2) is 44.0. The van der Waals surface area contributed by atoms with Crippen molar-refractivity contribution >= 4 is 18.5 Å². The molecule has 0 radical (unpaired) electrons. The van der Waals surface area contributed by atoms with Gasteiger partial charge in [0.2, 0.25) is 0 Å². The first-order valence-corrected chi connectivity index (χ1v) is 17.7. The van der Waals surface area contributed by atoms with E-state index < -0.39 is 0 Å². The molecule has 0 fully saturated rings. The third-order valence-electron chi connectivity index (χ3n) is 6.26. The van der Waals surface area contributed by atoms with Crippen LogP contribution in [0.5, 0.6) is 0 Å². The van der Waals surface area contributed by atoms with E-state index >= 15 is 0 Å². The van der Waals surface area contributed by atoms with Crippen molar-refractivity contribution in [2.75, 3.05) is 54.9 Å². The quantitative estimate of drug-likeness (QED) is 0.0657. The number of hydrogen-bond donors (Lipinski definition) is 3. The van der Waals surface area contributed by atoms with Crippen LogP contribution in [-0.2, 0) is 11.3 Å². The van der Waals surface area contributed by atoms with Crippen LogP contribution in [0.4, 0.5) is 4.39 Å². The Hall–Kier alpha value is -4.04. The number of amidine groups is 2. The Kier molecular flexibility index (Phi) is 51.0. The van der Waals surface area contributed by atoms with Crippen molar-refractivity contribution in [2.24, 2.45) is 21.6 Å². The molecule has 0 unspecified atom stereocenters. The summed E-state index contributed by atoms with van der Waals surface area (Å²) >= 11 is 0. The van der Waals surface area contributed by atoms with E-state index in [1.54, 1.807) is 20.0 Å². The van der Waals surface area contributed by atoms with Gasteiger partial charge in [0.1, 0.15) is 24.3 Å². The highest BCUT2D eigenvalue weighted by Gasteiger charge is 2.22. The van der Waals surface area contributed by atoms with Crippen LogP contribution in [0.2, 0.25) is 0 Å². The minimum absolute atomic E-state index is 0.196. The number of carbonyl (C=O) groups is 1. The summed E-state index contributed by atoms with van der Waals surface area (Å²) in [6.07, 6.45) is 7.18. The van der Waals surface area contributed by atoms with Gasteiger partial charge >= 0.3 is 0 Å². The molecule has 0 spiro atoms. The highest BCUT2D eigenvalue weighted by atomic mass is 19.1. The van der Waals surface area contributed by atoms with Crippen molar-refractivity contribution in [1.29, 1.82) is 0 Å². The Morgan fingerprint density at radius 1 is 1.08 bits per heavy atom. The van der Waals surface area contributed by atoms with E-state index in [2.05, 4.69) is 104 Å². The lowest BCUT2D eigenvalue weighted by Crippen LogP contribution is -2.38. The minimum atomic E-state index is -0.196. The fraction of sp³-hybridized carbons (Fsp3) is 0.524. The van der Waals surface area contributed by atoms with Crippen molar-refractivity contribution in [1.82, 2.24) is 20.4 Å². The number of hydrogen-bond acceptors (Lipinski definition) is 7. The number of benzene rings is 1. The zero-order valence-electron chi connectivity index (χ0n) is 35.1. The molecule has 2 rings (SSSR count). The molecule has 294 valence electrons. The van der Waals surface area contributed by atoms with Gasteiger partial charge in [-0.05, 0) is 76.8 Å². The van der Waals surface area contributed by atoms with Gasteiger partial charge in [-0.1, -0.05) is 106 Å². The molecular weight excluding hydrogens is 638 g/mol. The van der Waals surface area contributed by atoms with Crippen LogP contribution in [0.1, 0.15) is 85.3 Å². The highest BCUT2D eigenvalue weighted by Crippen LogP contribution is 2.17. The first kappa shape index (κ1) is 59.1. The number of halogens is 1. The Morgan fingerprint density at radius 3 is 1.92 bits per heavy atom. The highest BCUT2D eigenvalue weighted by molar-refractivity contribution is 6.02. The lowest BCUT2D eigenvalue weighted by Gasteiger charge is -2.25. The number of nitrogens with two attached hydrogens (primary N) is 1. The maximum absolute atomic E-state index is 13.5. The summed E-state index contributed by atoms with van der Waals surface area (Å²) in [5.74, 6) is 2.13. The number of nitrogens with one attached hydrogen (secondary N) is 2. The molecule has 1 heterocycles. The van der Waals surface area contributed by atoms with Crippen LogP contribution in [0.25, 0.3) is 0 Å². The van der Waals surface area contributed by atoms with Crippen LogP contribution in [0, 0.1) is 18.7 Å². The van der Waals surface area contributed by atoms with E-state index in [9.17, 15) is 4.39 Å². The third kappa shape index (κ3) is 34.2. The molecule has 1 aromatic rings. The average molecular weight is 716 g/mol. The number of unbranched alkanes of at least 4 members (excludes halogenated alkanes) is 2. The molecule has 0 saturated heterocycles. The summed E-state index contributed by atoms with van der Waals surface area (Å²) in [4.78, 5) is 21.2. The van der Waals surface area contributed by atoms with Crippen LogP contribution >= 0.6 is 0 Å². The van der Waals surface area contributed by atoms with Crippen LogP contribution in [0.15, 0.2) is 96.4 Å². The molecule has 1 aromatic carbocycles. The Balaban J connectivity index is -0.000000211. The predicted molar refractivity (Wildman–Crippen MR) is 229 cm³/mol. The lowest BCUT2D eigenvalue weighted by molar-refractivity contribution is -0.0980. The number of carbonyl (C=O) groups excluding carboxylic acids is 1. The summed E-state index contributed by atoms with van der Waals surface area (Å²) in [6.45, 7) is 42.2. The fourth-order valence-electron chi connectivity index (χ4n) is 3.57. The van der Waals surface area contributed by atoms with Crippen molar-refractivity contribution in [2.45, 2.75) is 87.6 Å². The van der Waals surface area contributed by atoms with Gasteiger partial charge < -0.3 is 31.0 Å². The number of aryl methyl sites for hydroxylation is 1. The van der Waals surface area contributed by atoms with Crippen molar-refractivity contribution in [3.63, 3.8) is 0 Å². The zero-order valence-corrected chi connectivity index (χ0v) is 35.1. The largest absolute Gasteiger partial charge is 0.381 e. The average Bonchev–Trinajstić information content (AvgIpc) is 3.57. The Labute approximate surface area is 315 Å². The molecule has 1 aliphatic rings. The van der Waals surface area contributed by atoms with Gasteiger partial charge in [0.15, 0.2) is 0 Å². The molecule has 0 bridgehead atoms. The molecule has 8 nitrogen and oxygen atoms in total. The first-order valence-electron chi connectivity index (χ1n) is 17.7. The van der Waals surface area contributed by atoms with E-state index in [0.29, 0.717) is 23.7 Å². The molecule has 1 atom stereocenters. The first-order chi connectivity index (χ1) is 24.3. The van der Waals surface area contributed by atoms with Gasteiger partial charge in [0.25, 0.3) is 0 Å². The second-order valence-electron chi connectivity index (χ2n) is 11.0. The summed E-state index contributed by atoms with van der Waals surface area (Å²) in [7, 11) is 9.29.